The third-order valence-electron chi connectivity index (χ3n) is 3.66. The molecule has 2 nitrogen and oxygen atoms in total. The van der Waals surface area contributed by atoms with Gasteiger partial charge in [0.15, 0.2) is 0 Å². The summed E-state index contributed by atoms with van der Waals surface area (Å²) in [6.07, 6.45) is 4.56. The molecule has 1 spiro atoms. The molecule has 0 N–H and O–H groups in total. The molecule has 2 fully saturated rings. The quantitative estimate of drug-likeness (QED) is 0.554. The summed E-state index contributed by atoms with van der Waals surface area (Å²) in [5.74, 6) is 6.46. The first kappa shape index (κ1) is 10.5. The summed E-state index contributed by atoms with van der Waals surface area (Å²) in [5.41, 5.74) is 0.475. The Balaban J connectivity index is 1.90. The Morgan fingerprint density at radius 3 is 2.87 bits per heavy atom. The molecule has 0 unspecified atom stereocenters. The molecule has 0 aromatic heterocycles. The first-order valence-corrected chi connectivity index (χ1v) is 5.93. The smallest absolute Gasteiger partial charge is 0.298 e. The van der Waals surface area contributed by atoms with Gasteiger partial charge in [-0.3, -0.25) is 4.79 Å². The number of hydrogen-bond donors (Lipinski definition) is 0. The van der Waals surface area contributed by atoms with Gasteiger partial charge in [-0.15, -0.1) is 0 Å². The second-order valence-electron chi connectivity index (χ2n) is 5.15. The fourth-order valence-electron chi connectivity index (χ4n) is 3.10. The summed E-state index contributed by atoms with van der Waals surface area (Å²) in [7, 11) is 0. The average Bonchev–Trinajstić information content (AvgIpc) is 2.58. The summed E-state index contributed by atoms with van der Waals surface area (Å²) >= 11 is 0. The molecule has 0 atom stereocenters. The van der Waals surface area contributed by atoms with Gasteiger partial charge in [0.05, 0.1) is 0 Å². The van der Waals surface area contributed by atoms with Crippen LogP contribution in [0.25, 0.3) is 0 Å². The predicted octanol–water partition coefficient (Wildman–Crippen LogP) is 2.05. The Morgan fingerprint density at radius 2 is 2.27 bits per heavy atom. The topological polar surface area (TPSA) is 20.3 Å². The van der Waals surface area contributed by atoms with Gasteiger partial charge in [-0.25, -0.2) is 0 Å². The average molecular weight is 205 g/mol. The molecule has 1 aliphatic carbocycles. The molecule has 1 heterocycles. The molecule has 2 heteroatoms. The summed E-state index contributed by atoms with van der Waals surface area (Å²) < 4.78 is 0. The third-order valence-corrected chi connectivity index (χ3v) is 3.66. The fraction of sp³-hybridized carbons (Fsp3) is 0.769. The van der Waals surface area contributed by atoms with Crippen LogP contribution in [0.1, 0.15) is 39.5 Å². The Morgan fingerprint density at radius 1 is 1.53 bits per heavy atom. The van der Waals surface area contributed by atoms with Crippen molar-refractivity contribution in [2.45, 2.75) is 39.5 Å². The number of hydrogen-bond acceptors (Lipinski definition) is 1. The van der Waals surface area contributed by atoms with Crippen LogP contribution in [0.5, 0.6) is 0 Å². The highest BCUT2D eigenvalue weighted by atomic mass is 16.2. The lowest BCUT2D eigenvalue weighted by Crippen LogP contribution is -2.39. The van der Waals surface area contributed by atoms with Gasteiger partial charge in [-0.1, -0.05) is 19.8 Å². The van der Waals surface area contributed by atoms with Gasteiger partial charge in [0.25, 0.3) is 5.91 Å². The lowest BCUT2D eigenvalue weighted by Gasteiger charge is -2.43. The van der Waals surface area contributed by atoms with Crippen molar-refractivity contribution in [2.75, 3.05) is 13.1 Å². The van der Waals surface area contributed by atoms with Gasteiger partial charge in [0, 0.05) is 19.5 Å². The zero-order valence-electron chi connectivity index (χ0n) is 9.68. The van der Waals surface area contributed by atoms with E-state index in [4.69, 9.17) is 0 Å². The van der Waals surface area contributed by atoms with Gasteiger partial charge in [0.2, 0.25) is 0 Å². The predicted molar refractivity (Wildman–Crippen MR) is 60.1 cm³/mol. The third kappa shape index (κ3) is 2.02. The lowest BCUT2D eigenvalue weighted by molar-refractivity contribution is -0.125. The molecule has 1 amide bonds. The van der Waals surface area contributed by atoms with E-state index in [9.17, 15) is 4.79 Å². The molecule has 2 aliphatic rings. The van der Waals surface area contributed by atoms with E-state index in [2.05, 4.69) is 18.8 Å². The van der Waals surface area contributed by atoms with Gasteiger partial charge in [0.1, 0.15) is 0 Å². The second-order valence-corrected chi connectivity index (χ2v) is 5.15. The largest absolute Gasteiger partial charge is 0.331 e. The van der Waals surface area contributed by atoms with Crippen molar-refractivity contribution in [3.05, 3.63) is 0 Å². The molecule has 2 rings (SSSR count). The van der Waals surface area contributed by atoms with Crippen molar-refractivity contribution in [1.29, 1.82) is 0 Å². The Bertz CT molecular complexity index is 317. The maximum Gasteiger partial charge on any atom is 0.298 e. The van der Waals surface area contributed by atoms with E-state index >= 15 is 0 Å². The first-order valence-electron chi connectivity index (χ1n) is 5.93. The zero-order chi connectivity index (χ0) is 10.9. The highest BCUT2D eigenvalue weighted by Crippen LogP contribution is 2.51. The minimum atomic E-state index is 0.0354. The van der Waals surface area contributed by atoms with Crippen LogP contribution in [0.2, 0.25) is 0 Å². The van der Waals surface area contributed by atoms with E-state index in [0.29, 0.717) is 5.41 Å². The van der Waals surface area contributed by atoms with Crippen LogP contribution < -0.4 is 0 Å². The SMILES string of the molecule is CCC#CC(=O)N1CCC2(CC(C)C2)C1. The Labute approximate surface area is 92.0 Å². The van der Waals surface area contributed by atoms with Crippen molar-refractivity contribution in [3.63, 3.8) is 0 Å². The van der Waals surface area contributed by atoms with E-state index < -0.39 is 0 Å². The van der Waals surface area contributed by atoms with Gasteiger partial charge in [-0.05, 0) is 36.5 Å². The monoisotopic (exact) mass is 205 g/mol. The number of carbonyl (C=O) groups is 1. The van der Waals surface area contributed by atoms with Crippen LogP contribution in [-0.2, 0) is 4.79 Å². The van der Waals surface area contributed by atoms with E-state index in [1.54, 1.807) is 0 Å². The molecule has 1 saturated carbocycles. The summed E-state index contributed by atoms with van der Waals surface area (Å²) in [5, 5.41) is 0. The molecule has 0 aromatic carbocycles. The standard InChI is InChI=1S/C13H19NO/c1-3-4-5-12(15)14-7-6-13(10-14)8-11(2)9-13/h11H,3,6-10H2,1-2H3. The van der Waals surface area contributed by atoms with Crippen molar-refractivity contribution in [2.24, 2.45) is 11.3 Å². The van der Waals surface area contributed by atoms with E-state index in [-0.39, 0.29) is 5.91 Å². The second kappa shape index (κ2) is 3.89. The number of likely N-dealkylation sites (tertiary alicyclic amines) is 1. The zero-order valence-corrected chi connectivity index (χ0v) is 9.68. The summed E-state index contributed by atoms with van der Waals surface area (Å²) in [6, 6.07) is 0. The van der Waals surface area contributed by atoms with Crippen LogP contribution in [0.3, 0.4) is 0 Å². The maximum atomic E-state index is 11.7. The number of carbonyl (C=O) groups excluding carboxylic acids is 1. The van der Waals surface area contributed by atoms with Crippen molar-refractivity contribution >= 4 is 5.91 Å². The van der Waals surface area contributed by atoms with Crippen LogP contribution in [0, 0.1) is 23.2 Å². The maximum absolute atomic E-state index is 11.7. The molecule has 0 bridgehead atoms. The van der Waals surface area contributed by atoms with Crippen molar-refractivity contribution in [3.8, 4) is 11.8 Å². The summed E-state index contributed by atoms with van der Waals surface area (Å²) in [4.78, 5) is 13.6. The Hall–Kier alpha value is -0.970. The highest BCUT2D eigenvalue weighted by molar-refractivity contribution is 5.93. The van der Waals surface area contributed by atoms with Crippen LogP contribution in [-0.4, -0.2) is 23.9 Å². The molecule has 0 radical (unpaired) electrons. The summed E-state index contributed by atoms with van der Waals surface area (Å²) in [6.45, 7) is 6.14. The van der Waals surface area contributed by atoms with Gasteiger partial charge >= 0.3 is 0 Å². The van der Waals surface area contributed by atoms with Crippen LogP contribution in [0.4, 0.5) is 0 Å². The van der Waals surface area contributed by atoms with E-state index in [1.807, 2.05) is 11.8 Å². The molecule has 15 heavy (non-hydrogen) atoms. The van der Waals surface area contributed by atoms with Gasteiger partial charge < -0.3 is 4.90 Å². The first-order chi connectivity index (χ1) is 7.15. The van der Waals surface area contributed by atoms with Gasteiger partial charge in [-0.2, -0.15) is 0 Å². The number of nitrogens with zero attached hydrogens (tertiary/aromatic N) is 1. The Kier molecular flexibility index (Phi) is 2.73. The van der Waals surface area contributed by atoms with Crippen molar-refractivity contribution < 1.29 is 4.79 Å². The minimum absolute atomic E-state index is 0.0354. The minimum Gasteiger partial charge on any atom is -0.331 e. The fourth-order valence-corrected chi connectivity index (χ4v) is 3.10. The van der Waals surface area contributed by atoms with Crippen LogP contribution >= 0.6 is 0 Å². The molecular weight excluding hydrogens is 186 g/mol. The van der Waals surface area contributed by atoms with E-state index in [0.717, 1.165) is 25.4 Å². The van der Waals surface area contributed by atoms with Crippen molar-refractivity contribution in [1.82, 2.24) is 4.90 Å². The molecule has 1 aliphatic heterocycles. The lowest BCUT2D eigenvalue weighted by atomic mass is 9.62. The number of rotatable bonds is 0. The van der Waals surface area contributed by atoms with Crippen LogP contribution in [0.15, 0.2) is 0 Å². The molecular formula is C13H19NO. The molecule has 1 saturated heterocycles. The number of amides is 1. The van der Waals surface area contributed by atoms with E-state index in [1.165, 1.54) is 19.3 Å². The highest BCUT2D eigenvalue weighted by Gasteiger charge is 2.47. The molecule has 82 valence electrons. The molecule has 0 aromatic rings. The normalized spacial score (nSPS) is 33.5.